The molecule has 0 saturated heterocycles. The third kappa shape index (κ3) is 5.58. The molecule has 2 N–H and O–H groups in total. The van der Waals surface area contributed by atoms with E-state index in [1.54, 1.807) is 18.2 Å². The number of aliphatic hydroxyl groups excluding tert-OH is 1. The Balaban J connectivity index is 1.72. The van der Waals surface area contributed by atoms with Gasteiger partial charge in [-0.2, -0.15) is 0 Å². The number of nitrogens with one attached hydrogen (secondary N) is 1. The lowest BCUT2D eigenvalue weighted by Gasteiger charge is -2.10. The second kappa shape index (κ2) is 8.56. The molecule has 2 aromatic carbocycles. The summed E-state index contributed by atoms with van der Waals surface area (Å²) >= 11 is 5.88. The fourth-order valence-electron chi connectivity index (χ4n) is 2.13. The molecule has 0 aliphatic rings. The highest BCUT2D eigenvalue weighted by Gasteiger charge is 2.05. The molecule has 0 aromatic heterocycles. The Morgan fingerprint density at radius 1 is 1.17 bits per heavy atom. The number of halogens is 1. The van der Waals surface area contributed by atoms with E-state index in [9.17, 15) is 4.79 Å². The first-order valence-corrected chi connectivity index (χ1v) is 7.80. The van der Waals surface area contributed by atoms with Gasteiger partial charge in [0, 0.05) is 11.6 Å². The van der Waals surface area contributed by atoms with Gasteiger partial charge in [-0.3, -0.25) is 4.79 Å². The number of aliphatic hydroxyl groups is 1. The molecule has 0 atom stereocenters. The van der Waals surface area contributed by atoms with Gasteiger partial charge in [-0.05, 0) is 48.2 Å². The molecular formula is C18H20ClNO3. The third-order valence-corrected chi connectivity index (χ3v) is 3.67. The van der Waals surface area contributed by atoms with Crippen LogP contribution in [0.1, 0.15) is 16.7 Å². The van der Waals surface area contributed by atoms with Crippen molar-refractivity contribution in [3.05, 3.63) is 64.2 Å². The fraction of sp³-hybridized carbons (Fsp3) is 0.278. The van der Waals surface area contributed by atoms with Gasteiger partial charge in [0.15, 0.2) is 6.61 Å². The van der Waals surface area contributed by atoms with Gasteiger partial charge in [-0.15, -0.1) is 0 Å². The molecule has 0 fully saturated rings. The Kier molecular flexibility index (Phi) is 6.44. The van der Waals surface area contributed by atoms with Crippen molar-refractivity contribution in [1.82, 2.24) is 5.32 Å². The number of carbonyl (C=O) groups excluding carboxylic acids is 1. The Morgan fingerprint density at radius 3 is 2.52 bits per heavy atom. The smallest absolute Gasteiger partial charge is 0.257 e. The number of aryl methyl sites for hydroxylation is 1. The van der Waals surface area contributed by atoms with Crippen LogP contribution < -0.4 is 10.1 Å². The summed E-state index contributed by atoms with van der Waals surface area (Å²) in [5.74, 6) is 0.496. The predicted molar refractivity (Wildman–Crippen MR) is 90.8 cm³/mol. The van der Waals surface area contributed by atoms with Crippen LogP contribution in [0.5, 0.6) is 5.75 Å². The lowest BCUT2D eigenvalue weighted by atomic mass is 10.1. The Hall–Kier alpha value is -2.04. The normalized spacial score (nSPS) is 10.4. The van der Waals surface area contributed by atoms with E-state index in [0.717, 1.165) is 23.1 Å². The van der Waals surface area contributed by atoms with Gasteiger partial charge in [0.2, 0.25) is 0 Å². The maximum atomic E-state index is 11.8. The van der Waals surface area contributed by atoms with Crippen LogP contribution in [0.25, 0.3) is 0 Å². The van der Waals surface area contributed by atoms with Crippen molar-refractivity contribution in [2.45, 2.75) is 20.0 Å². The molecule has 4 nitrogen and oxygen atoms in total. The molecule has 0 aliphatic carbocycles. The fourth-order valence-corrected chi connectivity index (χ4v) is 2.35. The van der Waals surface area contributed by atoms with E-state index in [4.69, 9.17) is 21.4 Å². The number of rotatable bonds is 7. The van der Waals surface area contributed by atoms with Crippen molar-refractivity contribution in [2.75, 3.05) is 13.2 Å². The van der Waals surface area contributed by atoms with E-state index in [2.05, 4.69) is 5.32 Å². The summed E-state index contributed by atoms with van der Waals surface area (Å²) in [5.41, 5.74) is 2.88. The Bertz CT molecular complexity index is 656. The topological polar surface area (TPSA) is 58.6 Å². The zero-order valence-corrected chi connectivity index (χ0v) is 13.8. The number of hydrogen-bond acceptors (Lipinski definition) is 3. The van der Waals surface area contributed by atoms with Crippen molar-refractivity contribution < 1.29 is 14.6 Å². The van der Waals surface area contributed by atoms with E-state index in [1.807, 2.05) is 31.2 Å². The number of ether oxygens (including phenoxy) is 1. The van der Waals surface area contributed by atoms with Gasteiger partial charge < -0.3 is 15.2 Å². The van der Waals surface area contributed by atoms with Gasteiger partial charge in [-0.1, -0.05) is 35.9 Å². The van der Waals surface area contributed by atoms with E-state index in [-0.39, 0.29) is 19.1 Å². The molecule has 0 unspecified atom stereocenters. The van der Waals surface area contributed by atoms with Gasteiger partial charge >= 0.3 is 0 Å². The molecule has 0 radical (unpaired) electrons. The summed E-state index contributed by atoms with van der Waals surface area (Å²) < 4.78 is 5.49. The van der Waals surface area contributed by atoms with Crippen LogP contribution in [0.15, 0.2) is 42.5 Å². The van der Waals surface area contributed by atoms with Crippen molar-refractivity contribution >= 4 is 17.5 Å². The van der Waals surface area contributed by atoms with Gasteiger partial charge in [0.25, 0.3) is 5.91 Å². The summed E-state index contributed by atoms with van der Waals surface area (Å²) in [6.45, 7) is 2.44. The van der Waals surface area contributed by atoms with E-state index >= 15 is 0 Å². The average Bonchev–Trinajstić information content (AvgIpc) is 2.54. The van der Waals surface area contributed by atoms with Gasteiger partial charge in [0.05, 0.1) is 6.61 Å². The van der Waals surface area contributed by atoms with Crippen LogP contribution >= 0.6 is 11.6 Å². The van der Waals surface area contributed by atoms with E-state index < -0.39 is 0 Å². The molecule has 23 heavy (non-hydrogen) atoms. The standard InChI is InChI=1S/C18H20ClNO3/c1-13-10-16(19)6-7-17(13)23-12-18(22)20-9-8-14-2-4-15(11-21)5-3-14/h2-7,10,21H,8-9,11-12H2,1H3,(H,20,22). The Morgan fingerprint density at radius 2 is 1.87 bits per heavy atom. The van der Waals surface area contributed by atoms with E-state index in [1.165, 1.54) is 0 Å². The number of carbonyl (C=O) groups is 1. The largest absolute Gasteiger partial charge is 0.484 e. The maximum absolute atomic E-state index is 11.8. The van der Waals surface area contributed by atoms with Gasteiger partial charge in [-0.25, -0.2) is 0 Å². The lowest BCUT2D eigenvalue weighted by molar-refractivity contribution is -0.123. The molecule has 0 spiro atoms. The zero-order chi connectivity index (χ0) is 16.7. The average molecular weight is 334 g/mol. The highest BCUT2D eigenvalue weighted by atomic mass is 35.5. The molecule has 122 valence electrons. The SMILES string of the molecule is Cc1cc(Cl)ccc1OCC(=O)NCCc1ccc(CO)cc1. The maximum Gasteiger partial charge on any atom is 0.257 e. The molecule has 0 heterocycles. The molecule has 2 rings (SSSR count). The first kappa shape index (κ1) is 17.3. The highest BCUT2D eigenvalue weighted by Crippen LogP contribution is 2.21. The van der Waals surface area contributed by atoms with Crippen LogP contribution in [0.3, 0.4) is 0 Å². The second-order valence-electron chi connectivity index (χ2n) is 5.27. The molecule has 2 aromatic rings. The monoisotopic (exact) mass is 333 g/mol. The minimum Gasteiger partial charge on any atom is -0.484 e. The molecule has 5 heteroatoms. The molecule has 1 amide bonds. The number of hydrogen-bond donors (Lipinski definition) is 2. The van der Waals surface area contributed by atoms with Crippen molar-refractivity contribution in [3.63, 3.8) is 0 Å². The zero-order valence-electron chi connectivity index (χ0n) is 13.0. The van der Waals surface area contributed by atoms with Crippen LogP contribution in [0.2, 0.25) is 5.02 Å². The summed E-state index contributed by atoms with van der Waals surface area (Å²) in [6, 6.07) is 12.9. The van der Waals surface area contributed by atoms with Crippen LogP contribution in [0.4, 0.5) is 0 Å². The number of amides is 1. The minimum atomic E-state index is -0.161. The Labute approximate surface area is 141 Å². The van der Waals surface area contributed by atoms with Crippen molar-refractivity contribution in [1.29, 1.82) is 0 Å². The molecular weight excluding hydrogens is 314 g/mol. The van der Waals surface area contributed by atoms with Crippen LogP contribution in [0, 0.1) is 6.92 Å². The van der Waals surface area contributed by atoms with Crippen molar-refractivity contribution in [3.8, 4) is 5.75 Å². The molecule has 0 aliphatic heterocycles. The highest BCUT2D eigenvalue weighted by molar-refractivity contribution is 6.30. The summed E-state index contributed by atoms with van der Waals surface area (Å²) in [7, 11) is 0. The lowest BCUT2D eigenvalue weighted by Crippen LogP contribution is -2.30. The van der Waals surface area contributed by atoms with Crippen molar-refractivity contribution in [2.24, 2.45) is 0 Å². The van der Waals surface area contributed by atoms with E-state index in [0.29, 0.717) is 17.3 Å². The van der Waals surface area contributed by atoms with Crippen LogP contribution in [-0.4, -0.2) is 24.2 Å². The first-order valence-electron chi connectivity index (χ1n) is 7.43. The summed E-state index contributed by atoms with van der Waals surface area (Å²) in [5, 5.41) is 12.5. The predicted octanol–water partition coefficient (Wildman–Crippen LogP) is 2.88. The van der Waals surface area contributed by atoms with Crippen LogP contribution in [-0.2, 0) is 17.8 Å². The first-order chi connectivity index (χ1) is 11.1. The minimum absolute atomic E-state index is 0.0219. The molecule has 0 bridgehead atoms. The third-order valence-electron chi connectivity index (χ3n) is 3.44. The second-order valence-corrected chi connectivity index (χ2v) is 5.71. The quantitative estimate of drug-likeness (QED) is 0.819. The number of benzene rings is 2. The molecule has 0 saturated carbocycles. The van der Waals surface area contributed by atoms with Gasteiger partial charge in [0.1, 0.15) is 5.75 Å². The summed E-state index contributed by atoms with van der Waals surface area (Å²) in [6.07, 6.45) is 0.734. The summed E-state index contributed by atoms with van der Waals surface area (Å²) in [4.78, 5) is 11.8.